The molecule has 4 heteroatoms. The quantitative estimate of drug-likeness (QED) is 0.741. The predicted octanol–water partition coefficient (Wildman–Crippen LogP) is 1.24. The highest BCUT2D eigenvalue weighted by atomic mass is 16.5. The van der Waals surface area contributed by atoms with Crippen molar-refractivity contribution in [3.05, 3.63) is 23.8 Å². The third-order valence-electron chi connectivity index (χ3n) is 2.08. The van der Waals surface area contributed by atoms with E-state index in [1.165, 1.54) is 14.2 Å². The van der Waals surface area contributed by atoms with Crippen LogP contribution in [0.15, 0.2) is 18.2 Å². The number of benzene rings is 1. The van der Waals surface area contributed by atoms with Crippen molar-refractivity contribution < 1.29 is 14.3 Å². The zero-order chi connectivity index (χ0) is 11.3. The van der Waals surface area contributed by atoms with Crippen LogP contribution in [0.2, 0.25) is 0 Å². The number of hydrogen-bond donors (Lipinski definition) is 1. The highest BCUT2D eigenvalue weighted by molar-refractivity contribution is 6.01. The van der Waals surface area contributed by atoms with E-state index in [1.54, 1.807) is 18.2 Å². The minimum atomic E-state index is -0.0631. The molecule has 2 N–H and O–H groups in total. The number of Topliss-reactive ketones (excluding diaryl/α,β-unsaturated/α-hetero) is 1. The van der Waals surface area contributed by atoms with Crippen molar-refractivity contribution in [1.82, 2.24) is 0 Å². The van der Waals surface area contributed by atoms with Crippen molar-refractivity contribution >= 4 is 5.78 Å². The minimum Gasteiger partial charge on any atom is -0.496 e. The van der Waals surface area contributed by atoms with E-state index in [1.807, 2.05) is 0 Å². The van der Waals surface area contributed by atoms with Gasteiger partial charge in [-0.05, 0) is 18.7 Å². The van der Waals surface area contributed by atoms with Gasteiger partial charge >= 0.3 is 0 Å². The Labute approximate surface area is 89.0 Å². The summed E-state index contributed by atoms with van der Waals surface area (Å²) in [4.78, 5) is 11.8. The zero-order valence-corrected chi connectivity index (χ0v) is 8.95. The summed E-state index contributed by atoms with van der Waals surface area (Å²) in [6.45, 7) is 0.319. The van der Waals surface area contributed by atoms with Crippen LogP contribution in [0.1, 0.15) is 16.8 Å². The van der Waals surface area contributed by atoms with Gasteiger partial charge in [-0.2, -0.15) is 0 Å². The molecule has 0 atom stereocenters. The largest absolute Gasteiger partial charge is 0.496 e. The Bertz CT molecular complexity index is 327. The number of methoxy groups -OCH3 is 2. The molecule has 0 aliphatic rings. The Morgan fingerprint density at radius 1 is 1.27 bits per heavy atom. The summed E-state index contributed by atoms with van der Waals surface area (Å²) in [7, 11) is 3.04. The van der Waals surface area contributed by atoms with Crippen LogP contribution >= 0.6 is 0 Å². The van der Waals surface area contributed by atoms with Gasteiger partial charge < -0.3 is 15.2 Å². The molecular formula is C11H15NO3. The van der Waals surface area contributed by atoms with Crippen molar-refractivity contribution in [3.63, 3.8) is 0 Å². The van der Waals surface area contributed by atoms with Gasteiger partial charge in [0.15, 0.2) is 5.78 Å². The minimum absolute atomic E-state index is 0.0631. The molecule has 0 fully saturated rings. The van der Waals surface area contributed by atoms with Gasteiger partial charge in [0.2, 0.25) is 0 Å². The summed E-state index contributed by atoms with van der Waals surface area (Å²) < 4.78 is 10.2. The Morgan fingerprint density at radius 3 is 2.20 bits per heavy atom. The number of carbonyl (C=O) groups is 1. The number of ketones is 1. The number of carbonyl (C=O) groups excluding carboxylic acids is 1. The number of nitrogens with two attached hydrogens (primary N) is 1. The highest BCUT2D eigenvalue weighted by Gasteiger charge is 2.16. The molecule has 0 heterocycles. The highest BCUT2D eigenvalue weighted by Crippen LogP contribution is 2.29. The van der Waals surface area contributed by atoms with E-state index < -0.39 is 0 Å². The predicted molar refractivity (Wildman–Crippen MR) is 57.5 cm³/mol. The molecule has 1 aromatic carbocycles. The molecule has 0 spiro atoms. The first kappa shape index (κ1) is 11.5. The van der Waals surface area contributed by atoms with Crippen LogP contribution in [0.3, 0.4) is 0 Å². The number of hydrogen-bond acceptors (Lipinski definition) is 4. The summed E-state index contributed by atoms with van der Waals surface area (Å²) in [6.07, 6.45) is 0.288. The van der Waals surface area contributed by atoms with Gasteiger partial charge in [-0.1, -0.05) is 6.07 Å². The number of ether oxygens (including phenoxy) is 2. The molecule has 0 aliphatic carbocycles. The summed E-state index contributed by atoms with van der Waals surface area (Å²) in [5, 5.41) is 0. The van der Waals surface area contributed by atoms with Gasteiger partial charge in [0.05, 0.1) is 14.2 Å². The monoisotopic (exact) mass is 209 g/mol. The van der Waals surface area contributed by atoms with Crippen molar-refractivity contribution in [2.24, 2.45) is 5.73 Å². The first-order chi connectivity index (χ1) is 7.24. The molecule has 82 valence electrons. The molecule has 0 amide bonds. The van der Waals surface area contributed by atoms with E-state index in [-0.39, 0.29) is 12.2 Å². The second kappa shape index (κ2) is 5.36. The van der Waals surface area contributed by atoms with E-state index >= 15 is 0 Å². The second-order valence-electron chi connectivity index (χ2n) is 3.00. The molecule has 0 radical (unpaired) electrons. The maximum Gasteiger partial charge on any atom is 0.171 e. The van der Waals surface area contributed by atoms with Crippen LogP contribution in [-0.4, -0.2) is 26.5 Å². The Hall–Kier alpha value is -1.55. The molecule has 4 nitrogen and oxygen atoms in total. The van der Waals surface area contributed by atoms with Gasteiger partial charge in [0.1, 0.15) is 17.1 Å². The van der Waals surface area contributed by atoms with Gasteiger partial charge in [-0.3, -0.25) is 4.79 Å². The molecule has 0 aliphatic heterocycles. The average Bonchev–Trinajstić information content (AvgIpc) is 2.28. The fourth-order valence-electron chi connectivity index (χ4n) is 1.38. The molecule has 0 aromatic heterocycles. The van der Waals surface area contributed by atoms with Crippen molar-refractivity contribution in [1.29, 1.82) is 0 Å². The van der Waals surface area contributed by atoms with E-state index in [9.17, 15) is 4.79 Å². The van der Waals surface area contributed by atoms with Crippen LogP contribution in [0, 0.1) is 0 Å². The molecule has 0 saturated heterocycles. The van der Waals surface area contributed by atoms with Crippen molar-refractivity contribution in [2.75, 3.05) is 20.8 Å². The zero-order valence-electron chi connectivity index (χ0n) is 8.95. The maximum atomic E-state index is 11.8. The van der Waals surface area contributed by atoms with Crippen LogP contribution in [0.4, 0.5) is 0 Å². The Kier molecular flexibility index (Phi) is 4.12. The second-order valence-corrected chi connectivity index (χ2v) is 3.00. The van der Waals surface area contributed by atoms with Gasteiger partial charge in [-0.25, -0.2) is 0 Å². The molecule has 1 rings (SSSR count). The summed E-state index contributed by atoms with van der Waals surface area (Å²) in [5.41, 5.74) is 5.81. The lowest BCUT2D eigenvalue weighted by Gasteiger charge is -2.11. The first-order valence-electron chi connectivity index (χ1n) is 4.68. The lowest BCUT2D eigenvalue weighted by atomic mass is 10.1. The third-order valence-corrected chi connectivity index (χ3v) is 2.08. The van der Waals surface area contributed by atoms with Gasteiger partial charge in [-0.15, -0.1) is 0 Å². The summed E-state index contributed by atoms with van der Waals surface area (Å²) in [6, 6.07) is 5.23. The molecule has 1 aromatic rings. The molecular weight excluding hydrogens is 194 g/mol. The van der Waals surface area contributed by atoms with E-state index in [0.717, 1.165) is 0 Å². The lowest BCUT2D eigenvalue weighted by molar-refractivity contribution is 0.0979. The molecule has 0 unspecified atom stereocenters. The normalized spacial score (nSPS) is 9.80. The molecule has 0 saturated carbocycles. The molecule has 15 heavy (non-hydrogen) atoms. The van der Waals surface area contributed by atoms with E-state index in [2.05, 4.69) is 0 Å². The SMILES string of the molecule is COc1cccc(OC)c1C(=O)CCN. The fourth-order valence-corrected chi connectivity index (χ4v) is 1.38. The number of rotatable bonds is 5. The first-order valence-corrected chi connectivity index (χ1v) is 4.68. The molecule has 0 bridgehead atoms. The van der Waals surface area contributed by atoms with E-state index in [0.29, 0.717) is 23.6 Å². The summed E-state index contributed by atoms with van der Waals surface area (Å²) >= 11 is 0. The van der Waals surface area contributed by atoms with Gasteiger partial charge in [0.25, 0.3) is 0 Å². The topological polar surface area (TPSA) is 61.5 Å². The van der Waals surface area contributed by atoms with Gasteiger partial charge in [0, 0.05) is 6.42 Å². The Morgan fingerprint density at radius 2 is 1.80 bits per heavy atom. The maximum absolute atomic E-state index is 11.8. The lowest BCUT2D eigenvalue weighted by Crippen LogP contribution is -2.10. The van der Waals surface area contributed by atoms with Crippen molar-refractivity contribution in [2.45, 2.75) is 6.42 Å². The Balaban J connectivity index is 3.15. The van der Waals surface area contributed by atoms with Crippen LogP contribution in [0.5, 0.6) is 11.5 Å². The average molecular weight is 209 g/mol. The van der Waals surface area contributed by atoms with Crippen LogP contribution < -0.4 is 15.2 Å². The van der Waals surface area contributed by atoms with Crippen LogP contribution in [-0.2, 0) is 0 Å². The van der Waals surface area contributed by atoms with Crippen molar-refractivity contribution in [3.8, 4) is 11.5 Å². The standard InChI is InChI=1S/C11H15NO3/c1-14-9-4-3-5-10(15-2)11(9)8(13)6-7-12/h3-5H,6-7,12H2,1-2H3. The van der Waals surface area contributed by atoms with E-state index in [4.69, 9.17) is 15.2 Å². The van der Waals surface area contributed by atoms with Crippen LogP contribution in [0.25, 0.3) is 0 Å². The fraction of sp³-hybridized carbons (Fsp3) is 0.364. The smallest absolute Gasteiger partial charge is 0.171 e. The summed E-state index contributed by atoms with van der Waals surface area (Å²) in [5.74, 6) is 0.979. The third kappa shape index (κ3) is 2.47.